The summed E-state index contributed by atoms with van der Waals surface area (Å²) in [5.74, 6) is -5.40. The largest absolute Gasteiger partial charge is 0.363 e. The zero-order chi connectivity index (χ0) is 21.6. The first-order valence-electron chi connectivity index (χ1n) is 8.44. The third kappa shape index (κ3) is 3.64. The first-order valence-corrected chi connectivity index (χ1v) is 10.8. The number of carbonyl (C=O) groups excluding carboxylic acids is 1. The minimum Gasteiger partial charge on any atom is -0.363 e. The van der Waals surface area contributed by atoms with Gasteiger partial charge in [0.1, 0.15) is 11.1 Å². The van der Waals surface area contributed by atoms with Gasteiger partial charge in [0, 0.05) is 23.4 Å². The molecule has 7 nitrogen and oxygen atoms in total. The van der Waals surface area contributed by atoms with Gasteiger partial charge in [0.05, 0.1) is 21.8 Å². The molecular formula is C18H13F3N4O3S2. The van der Waals surface area contributed by atoms with E-state index in [-0.39, 0.29) is 21.8 Å². The van der Waals surface area contributed by atoms with E-state index >= 15 is 0 Å². The highest BCUT2D eigenvalue weighted by molar-refractivity contribution is 7.89. The zero-order valence-corrected chi connectivity index (χ0v) is 16.8. The summed E-state index contributed by atoms with van der Waals surface area (Å²) in [6.07, 6.45) is -0.708. The van der Waals surface area contributed by atoms with Crippen LogP contribution in [0.2, 0.25) is 0 Å². The maximum Gasteiger partial charge on any atom is 0.255 e. The Hall–Kier alpha value is -2.96. The standard InChI is InChI=1S/C18H13F3N4O3S2/c1-8-16(29-7-22-8)17-24-13-3-2-9(4-14(13)30(27,28)25-17)18(26)23-10-5-11(19)15(21)12(20)6-10/h2-7,17,24-25H,1H3,(H,23,26). The molecule has 0 radical (unpaired) electrons. The topological polar surface area (TPSA) is 100 Å². The number of hydrogen-bond acceptors (Lipinski definition) is 6. The number of carbonyl (C=O) groups is 1. The van der Waals surface area contributed by atoms with Crippen LogP contribution in [0.3, 0.4) is 0 Å². The number of nitrogens with one attached hydrogen (secondary N) is 3. The monoisotopic (exact) mass is 454 g/mol. The van der Waals surface area contributed by atoms with Crippen molar-refractivity contribution in [1.82, 2.24) is 9.71 Å². The van der Waals surface area contributed by atoms with Crippen molar-refractivity contribution in [2.75, 3.05) is 10.6 Å². The Labute approximate surface area is 173 Å². The van der Waals surface area contributed by atoms with E-state index in [0.717, 1.165) is 6.07 Å². The molecule has 0 saturated heterocycles. The summed E-state index contributed by atoms with van der Waals surface area (Å²) >= 11 is 1.29. The average molecular weight is 454 g/mol. The van der Waals surface area contributed by atoms with Crippen LogP contribution in [0.4, 0.5) is 24.5 Å². The molecule has 0 bridgehead atoms. The second-order valence-corrected chi connectivity index (χ2v) is 8.99. The summed E-state index contributed by atoms with van der Waals surface area (Å²) in [6.45, 7) is 1.76. The molecule has 0 saturated carbocycles. The van der Waals surface area contributed by atoms with Crippen LogP contribution in [0.15, 0.2) is 40.7 Å². The molecule has 2 heterocycles. The highest BCUT2D eigenvalue weighted by atomic mass is 32.2. The highest BCUT2D eigenvalue weighted by Crippen LogP contribution is 2.34. The van der Waals surface area contributed by atoms with Crippen molar-refractivity contribution in [2.24, 2.45) is 0 Å². The number of benzene rings is 2. The van der Waals surface area contributed by atoms with Crippen molar-refractivity contribution < 1.29 is 26.4 Å². The van der Waals surface area contributed by atoms with E-state index in [0.29, 0.717) is 22.7 Å². The summed E-state index contributed by atoms with van der Waals surface area (Å²) in [5.41, 5.74) is 2.18. The number of thiazole rings is 1. The molecule has 1 aromatic heterocycles. The first kappa shape index (κ1) is 20.3. The lowest BCUT2D eigenvalue weighted by atomic mass is 10.1. The molecule has 12 heteroatoms. The van der Waals surface area contributed by atoms with Gasteiger partial charge in [0.25, 0.3) is 5.91 Å². The number of fused-ring (bicyclic) bond motifs is 1. The van der Waals surface area contributed by atoms with Gasteiger partial charge in [-0.25, -0.2) is 26.6 Å². The predicted molar refractivity (Wildman–Crippen MR) is 104 cm³/mol. The van der Waals surface area contributed by atoms with Crippen molar-refractivity contribution >= 4 is 38.6 Å². The third-order valence-electron chi connectivity index (χ3n) is 4.39. The number of aryl methyl sites for hydroxylation is 1. The van der Waals surface area contributed by atoms with Crippen LogP contribution in [0.1, 0.15) is 27.1 Å². The lowest BCUT2D eigenvalue weighted by Crippen LogP contribution is -2.38. The minimum atomic E-state index is -3.97. The SMILES string of the molecule is Cc1ncsc1C1Nc2ccc(C(=O)Nc3cc(F)c(F)c(F)c3)cc2S(=O)(=O)N1. The minimum absolute atomic E-state index is 0.0708. The van der Waals surface area contributed by atoms with Crippen LogP contribution in [-0.4, -0.2) is 19.3 Å². The number of aromatic nitrogens is 1. The molecule has 3 N–H and O–H groups in total. The Balaban J connectivity index is 1.63. The van der Waals surface area contributed by atoms with Crippen molar-refractivity contribution in [1.29, 1.82) is 0 Å². The molecule has 0 aliphatic carbocycles. The van der Waals surface area contributed by atoms with Crippen molar-refractivity contribution in [3.05, 3.63) is 69.4 Å². The molecule has 1 unspecified atom stereocenters. The van der Waals surface area contributed by atoms with E-state index in [1.54, 1.807) is 12.4 Å². The lowest BCUT2D eigenvalue weighted by molar-refractivity contribution is 0.102. The van der Waals surface area contributed by atoms with E-state index in [9.17, 15) is 26.4 Å². The van der Waals surface area contributed by atoms with E-state index in [2.05, 4.69) is 20.3 Å². The van der Waals surface area contributed by atoms with Gasteiger partial charge in [-0.05, 0) is 25.1 Å². The molecule has 1 aliphatic rings. The van der Waals surface area contributed by atoms with Gasteiger partial charge in [-0.3, -0.25) is 4.79 Å². The van der Waals surface area contributed by atoms with E-state index in [1.807, 2.05) is 0 Å². The maximum absolute atomic E-state index is 13.3. The second kappa shape index (κ2) is 7.38. The predicted octanol–water partition coefficient (Wildman–Crippen LogP) is 3.52. The smallest absolute Gasteiger partial charge is 0.255 e. The Morgan fingerprint density at radius 2 is 1.87 bits per heavy atom. The summed E-state index contributed by atoms with van der Waals surface area (Å²) in [7, 11) is -3.97. The summed E-state index contributed by atoms with van der Waals surface area (Å²) < 4.78 is 67.6. The van der Waals surface area contributed by atoms with Gasteiger partial charge in [-0.2, -0.15) is 4.72 Å². The number of anilines is 2. The number of halogens is 3. The van der Waals surface area contributed by atoms with Gasteiger partial charge < -0.3 is 10.6 Å². The van der Waals surface area contributed by atoms with Crippen LogP contribution in [-0.2, 0) is 10.0 Å². The highest BCUT2D eigenvalue weighted by Gasteiger charge is 2.32. The Kier molecular flexibility index (Phi) is 5.00. The molecule has 1 amide bonds. The van der Waals surface area contributed by atoms with Crippen molar-refractivity contribution in [3.8, 4) is 0 Å². The fourth-order valence-corrected chi connectivity index (χ4v) is 5.14. The molecule has 3 aromatic rings. The van der Waals surface area contributed by atoms with Gasteiger partial charge in [0.15, 0.2) is 17.5 Å². The van der Waals surface area contributed by atoms with Crippen molar-refractivity contribution in [3.63, 3.8) is 0 Å². The molecule has 30 heavy (non-hydrogen) atoms. The molecule has 1 atom stereocenters. The number of hydrogen-bond donors (Lipinski definition) is 3. The summed E-state index contributed by atoms with van der Waals surface area (Å²) in [4.78, 5) is 17.1. The first-order chi connectivity index (χ1) is 14.2. The second-order valence-electron chi connectivity index (χ2n) is 6.42. The maximum atomic E-state index is 13.3. The van der Waals surface area contributed by atoms with Crippen LogP contribution in [0.5, 0.6) is 0 Å². The van der Waals surface area contributed by atoms with Gasteiger partial charge in [-0.1, -0.05) is 0 Å². The van der Waals surface area contributed by atoms with Crippen molar-refractivity contribution in [2.45, 2.75) is 18.0 Å². The van der Waals surface area contributed by atoms with Gasteiger partial charge in [0.2, 0.25) is 10.0 Å². The molecule has 1 aliphatic heterocycles. The Morgan fingerprint density at radius 1 is 1.17 bits per heavy atom. The zero-order valence-electron chi connectivity index (χ0n) is 15.2. The average Bonchev–Trinajstić information content (AvgIpc) is 3.11. The lowest BCUT2D eigenvalue weighted by Gasteiger charge is -2.27. The van der Waals surface area contributed by atoms with Crippen LogP contribution in [0.25, 0.3) is 0 Å². The number of sulfonamides is 1. The molecule has 0 fully saturated rings. The molecule has 156 valence electrons. The third-order valence-corrected chi connectivity index (χ3v) is 6.85. The quantitative estimate of drug-likeness (QED) is 0.526. The molecular weight excluding hydrogens is 441 g/mol. The number of rotatable bonds is 3. The Morgan fingerprint density at radius 3 is 2.50 bits per heavy atom. The molecule has 0 spiro atoms. The molecule has 2 aromatic carbocycles. The van der Waals surface area contributed by atoms with Crippen LogP contribution < -0.4 is 15.4 Å². The summed E-state index contributed by atoms with van der Waals surface area (Å²) in [5, 5.41) is 5.25. The number of nitrogens with zero attached hydrogens (tertiary/aromatic N) is 1. The van der Waals surface area contributed by atoms with E-state index in [1.165, 1.54) is 23.5 Å². The normalized spacial score (nSPS) is 17.1. The fourth-order valence-electron chi connectivity index (χ4n) is 2.95. The number of amides is 1. The summed E-state index contributed by atoms with van der Waals surface area (Å²) in [6, 6.07) is 5.14. The molecule has 4 rings (SSSR count). The van der Waals surface area contributed by atoms with Crippen LogP contribution >= 0.6 is 11.3 Å². The van der Waals surface area contributed by atoms with Gasteiger partial charge >= 0.3 is 0 Å². The van der Waals surface area contributed by atoms with Crippen LogP contribution in [0, 0.1) is 24.4 Å². The Bertz CT molecular complexity index is 1250. The van der Waals surface area contributed by atoms with E-state index in [4.69, 9.17) is 0 Å². The van der Waals surface area contributed by atoms with Gasteiger partial charge in [-0.15, -0.1) is 11.3 Å². The fraction of sp³-hybridized carbons (Fsp3) is 0.111. The van der Waals surface area contributed by atoms with E-state index < -0.39 is 39.5 Å².